The van der Waals surface area contributed by atoms with Gasteiger partial charge >= 0.3 is 0 Å². The molecule has 2 heteroatoms. The molecule has 0 amide bonds. The van der Waals surface area contributed by atoms with Crippen LogP contribution in [0.1, 0.15) is 32.3 Å². The molecule has 0 aliphatic heterocycles. The summed E-state index contributed by atoms with van der Waals surface area (Å²) >= 11 is 0. The number of aryl methyl sites for hydroxylation is 1. The van der Waals surface area contributed by atoms with Crippen LogP contribution in [0.25, 0.3) is 0 Å². The van der Waals surface area contributed by atoms with Gasteiger partial charge in [0.25, 0.3) is 0 Å². The number of carbonyl (C=O) groups excluding carboxylic acids is 1. The van der Waals surface area contributed by atoms with E-state index >= 15 is 0 Å². The smallest absolute Gasteiger partial charge is 0.190 e. The van der Waals surface area contributed by atoms with Crippen molar-refractivity contribution in [1.29, 1.82) is 0 Å². The van der Waals surface area contributed by atoms with Crippen LogP contribution >= 0.6 is 0 Å². The van der Waals surface area contributed by atoms with E-state index in [0.717, 1.165) is 24.0 Å². The molecule has 0 spiro atoms. The zero-order chi connectivity index (χ0) is 12.5. The predicted molar refractivity (Wildman–Crippen MR) is 67.7 cm³/mol. The van der Waals surface area contributed by atoms with E-state index < -0.39 is 5.60 Å². The average molecular weight is 230 g/mol. The molecule has 1 unspecified atom stereocenters. The third-order valence-electron chi connectivity index (χ3n) is 3.48. The summed E-state index contributed by atoms with van der Waals surface area (Å²) in [4.78, 5) is 11.7. The van der Waals surface area contributed by atoms with E-state index in [1.807, 2.05) is 25.1 Å². The van der Waals surface area contributed by atoms with Gasteiger partial charge < -0.3 is 5.11 Å². The summed E-state index contributed by atoms with van der Waals surface area (Å²) in [6.45, 7) is 3.43. The van der Waals surface area contributed by atoms with E-state index in [4.69, 9.17) is 0 Å². The standard InChI is InChI=1S/C15H18O2/c1-11-13(10-15(2,17)14(11)16)9-8-12-6-4-3-5-7-12/h3-7,17H,8-10H2,1-2H3. The largest absolute Gasteiger partial charge is 0.382 e. The lowest BCUT2D eigenvalue weighted by Gasteiger charge is -2.14. The van der Waals surface area contributed by atoms with Gasteiger partial charge in [0, 0.05) is 6.42 Å². The summed E-state index contributed by atoms with van der Waals surface area (Å²) in [6.07, 6.45) is 2.28. The number of hydrogen-bond donors (Lipinski definition) is 1. The van der Waals surface area contributed by atoms with E-state index in [1.165, 1.54) is 5.56 Å². The van der Waals surface area contributed by atoms with Crippen molar-refractivity contribution in [3.05, 3.63) is 47.0 Å². The lowest BCUT2D eigenvalue weighted by Crippen LogP contribution is -2.30. The maximum absolute atomic E-state index is 11.7. The molecule has 1 aromatic carbocycles. The van der Waals surface area contributed by atoms with Gasteiger partial charge in [0.2, 0.25) is 0 Å². The summed E-state index contributed by atoms with van der Waals surface area (Å²) in [5, 5.41) is 9.91. The maximum atomic E-state index is 11.7. The molecule has 0 saturated heterocycles. The first kappa shape index (κ1) is 12.1. The Balaban J connectivity index is 2.04. The van der Waals surface area contributed by atoms with Gasteiger partial charge in [-0.05, 0) is 37.8 Å². The molecule has 0 aromatic heterocycles. The molecule has 0 radical (unpaired) electrons. The molecule has 1 aliphatic carbocycles. The Hall–Kier alpha value is -1.41. The number of benzene rings is 1. The van der Waals surface area contributed by atoms with Gasteiger partial charge in [-0.3, -0.25) is 4.79 Å². The van der Waals surface area contributed by atoms with Crippen molar-refractivity contribution in [2.75, 3.05) is 0 Å². The lowest BCUT2D eigenvalue weighted by atomic mass is 9.99. The van der Waals surface area contributed by atoms with Crippen molar-refractivity contribution in [3.8, 4) is 0 Å². The average Bonchev–Trinajstić information content (AvgIpc) is 2.52. The Bertz CT molecular complexity index is 455. The second kappa shape index (κ2) is 4.46. The minimum absolute atomic E-state index is 0.111. The van der Waals surface area contributed by atoms with Crippen molar-refractivity contribution in [2.45, 2.75) is 38.7 Å². The summed E-state index contributed by atoms with van der Waals surface area (Å²) in [5.41, 5.74) is 1.96. The molecule has 0 heterocycles. The molecular weight excluding hydrogens is 212 g/mol. The van der Waals surface area contributed by atoms with Crippen LogP contribution in [-0.4, -0.2) is 16.5 Å². The Morgan fingerprint density at radius 3 is 2.41 bits per heavy atom. The normalized spacial score (nSPS) is 24.5. The molecule has 0 bridgehead atoms. The van der Waals surface area contributed by atoms with Crippen molar-refractivity contribution in [1.82, 2.24) is 0 Å². The summed E-state index contributed by atoms with van der Waals surface area (Å²) < 4.78 is 0. The van der Waals surface area contributed by atoms with Crippen molar-refractivity contribution < 1.29 is 9.90 Å². The zero-order valence-electron chi connectivity index (χ0n) is 10.4. The predicted octanol–water partition coefficient (Wildman–Crippen LogP) is 2.66. The van der Waals surface area contributed by atoms with Crippen LogP contribution in [0.2, 0.25) is 0 Å². The molecule has 2 nitrogen and oxygen atoms in total. The number of hydrogen-bond acceptors (Lipinski definition) is 2. The van der Waals surface area contributed by atoms with Crippen LogP contribution in [-0.2, 0) is 11.2 Å². The number of carbonyl (C=O) groups is 1. The van der Waals surface area contributed by atoms with Crippen LogP contribution < -0.4 is 0 Å². The molecule has 2 rings (SSSR count). The first-order chi connectivity index (χ1) is 8.00. The summed E-state index contributed by atoms with van der Waals surface area (Å²) in [6, 6.07) is 10.2. The van der Waals surface area contributed by atoms with Gasteiger partial charge in [-0.25, -0.2) is 0 Å². The first-order valence-corrected chi connectivity index (χ1v) is 6.00. The number of rotatable bonds is 3. The molecule has 1 aromatic rings. The summed E-state index contributed by atoms with van der Waals surface area (Å²) in [7, 11) is 0. The Morgan fingerprint density at radius 2 is 1.88 bits per heavy atom. The summed E-state index contributed by atoms with van der Waals surface area (Å²) in [5.74, 6) is -0.111. The van der Waals surface area contributed by atoms with E-state index in [0.29, 0.717) is 6.42 Å². The Labute approximate surface area is 102 Å². The molecule has 1 N–H and O–H groups in total. The van der Waals surface area contributed by atoms with E-state index in [9.17, 15) is 9.90 Å². The lowest BCUT2D eigenvalue weighted by molar-refractivity contribution is -0.129. The van der Waals surface area contributed by atoms with Crippen LogP contribution in [0.5, 0.6) is 0 Å². The van der Waals surface area contributed by atoms with Crippen LogP contribution in [0, 0.1) is 0 Å². The van der Waals surface area contributed by atoms with Crippen molar-refractivity contribution in [3.63, 3.8) is 0 Å². The molecule has 0 fully saturated rings. The molecule has 1 aliphatic rings. The monoisotopic (exact) mass is 230 g/mol. The van der Waals surface area contributed by atoms with Gasteiger partial charge in [-0.1, -0.05) is 35.9 Å². The third kappa shape index (κ3) is 2.47. The van der Waals surface area contributed by atoms with Gasteiger partial charge in [-0.2, -0.15) is 0 Å². The molecular formula is C15H18O2. The van der Waals surface area contributed by atoms with Crippen LogP contribution in [0.4, 0.5) is 0 Å². The molecule has 90 valence electrons. The van der Waals surface area contributed by atoms with Crippen LogP contribution in [0.15, 0.2) is 41.5 Å². The van der Waals surface area contributed by atoms with Crippen molar-refractivity contribution >= 4 is 5.78 Å². The van der Waals surface area contributed by atoms with Gasteiger partial charge in [-0.15, -0.1) is 0 Å². The molecule has 1 atom stereocenters. The second-order valence-electron chi connectivity index (χ2n) is 4.99. The Morgan fingerprint density at radius 1 is 1.24 bits per heavy atom. The Kier molecular flexibility index (Phi) is 3.16. The maximum Gasteiger partial charge on any atom is 0.190 e. The van der Waals surface area contributed by atoms with E-state index in [-0.39, 0.29) is 5.78 Å². The van der Waals surface area contributed by atoms with Crippen LogP contribution in [0.3, 0.4) is 0 Å². The first-order valence-electron chi connectivity index (χ1n) is 6.00. The topological polar surface area (TPSA) is 37.3 Å². The fourth-order valence-electron chi connectivity index (χ4n) is 2.41. The number of aliphatic hydroxyl groups is 1. The zero-order valence-corrected chi connectivity index (χ0v) is 10.4. The minimum atomic E-state index is -1.17. The second-order valence-corrected chi connectivity index (χ2v) is 4.99. The SMILES string of the molecule is CC1=C(CCc2ccccc2)CC(C)(O)C1=O. The van der Waals surface area contributed by atoms with E-state index in [2.05, 4.69) is 12.1 Å². The van der Waals surface area contributed by atoms with Gasteiger partial charge in [0.05, 0.1) is 0 Å². The quantitative estimate of drug-likeness (QED) is 0.866. The fourth-order valence-corrected chi connectivity index (χ4v) is 2.41. The third-order valence-corrected chi connectivity index (χ3v) is 3.48. The van der Waals surface area contributed by atoms with Crippen molar-refractivity contribution in [2.24, 2.45) is 0 Å². The fraction of sp³-hybridized carbons (Fsp3) is 0.400. The van der Waals surface area contributed by atoms with Gasteiger partial charge in [0.15, 0.2) is 5.78 Å². The highest BCUT2D eigenvalue weighted by Crippen LogP contribution is 2.33. The minimum Gasteiger partial charge on any atom is -0.382 e. The highest BCUT2D eigenvalue weighted by atomic mass is 16.3. The highest BCUT2D eigenvalue weighted by Gasteiger charge is 2.39. The molecule has 0 saturated carbocycles. The highest BCUT2D eigenvalue weighted by molar-refractivity contribution is 6.04. The van der Waals surface area contributed by atoms with Gasteiger partial charge in [0.1, 0.15) is 5.60 Å². The van der Waals surface area contributed by atoms with E-state index in [1.54, 1.807) is 6.92 Å². The number of ketones is 1. The number of Topliss-reactive ketones (excluding diaryl/α,β-unsaturated/α-hetero) is 1. The molecule has 17 heavy (non-hydrogen) atoms.